The van der Waals surface area contributed by atoms with Gasteiger partial charge in [-0.25, -0.2) is 17.6 Å². The Morgan fingerprint density at radius 2 is 2.09 bits per heavy atom. The molecule has 0 bridgehead atoms. The number of carbonyl (C=O) groups excluding carboxylic acids is 1. The Morgan fingerprint density at radius 1 is 1.39 bits per heavy atom. The van der Waals surface area contributed by atoms with Crippen LogP contribution in [0.3, 0.4) is 0 Å². The molecule has 1 aliphatic rings. The Balaban J connectivity index is 0.00000264. The third kappa shape index (κ3) is 4.41. The van der Waals surface area contributed by atoms with E-state index in [1.807, 2.05) is 0 Å². The van der Waals surface area contributed by atoms with Gasteiger partial charge >= 0.3 is 5.97 Å². The fourth-order valence-electron chi connectivity index (χ4n) is 2.49. The molecule has 23 heavy (non-hydrogen) atoms. The summed E-state index contributed by atoms with van der Waals surface area (Å²) < 4.78 is 44.8. The van der Waals surface area contributed by atoms with Crippen molar-refractivity contribution in [2.24, 2.45) is 0 Å². The molecule has 0 saturated carbocycles. The van der Waals surface area contributed by atoms with Crippen molar-refractivity contribution in [3.63, 3.8) is 0 Å². The maximum atomic E-state index is 13.7. The average Bonchev–Trinajstić information content (AvgIpc) is 2.53. The molecule has 1 N–H and O–H groups in total. The fourth-order valence-corrected chi connectivity index (χ4v) is 4.07. The summed E-state index contributed by atoms with van der Waals surface area (Å²) >= 11 is 0. The van der Waals surface area contributed by atoms with Gasteiger partial charge in [0.05, 0.1) is 17.6 Å². The summed E-state index contributed by atoms with van der Waals surface area (Å²) in [7, 11) is -0.914. The molecule has 0 amide bonds. The number of methoxy groups -OCH3 is 1. The van der Waals surface area contributed by atoms with Crippen LogP contribution >= 0.6 is 12.4 Å². The first kappa shape index (κ1) is 19.8. The van der Waals surface area contributed by atoms with Gasteiger partial charge in [-0.3, -0.25) is 0 Å². The summed E-state index contributed by atoms with van der Waals surface area (Å²) in [5.74, 6) is -1.56. The first-order valence-electron chi connectivity index (χ1n) is 6.95. The van der Waals surface area contributed by atoms with Crippen LogP contribution in [-0.2, 0) is 14.8 Å². The molecule has 6 nitrogen and oxygen atoms in total. The number of carbonyl (C=O) groups is 1. The van der Waals surface area contributed by atoms with Gasteiger partial charge in [0.1, 0.15) is 5.82 Å². The third-order valence-corrected chi connectivity index (χ3v) is 5.57. The van der Waals surface area contributed by atoms with Crippen LogP contribution in [0.15, 0.2) is 23.1 Å². The molecule has 1 aliphatic heterocycles. The molecule has 1 aromatic carbocycles. The molecule has 1 atom stereocenters. The van der Waals surface area contributed by atoms with Crippen molar-refractivity contribution in [2.45, 2.75) is 23.8 Å². The lowest BCUT2D eigenvalue weighted by molar-refractivity contribution is 0.0600. The Labute approximate surface area is 141 Å². The Kier molecular flexibility index (Phi) is 6.94. The van der Waals surface area contributed by atoms with Gasteiger partial charge in [0.15, 0.2) is 0 Å². The van der Waals surface area contributed by atoms with E-state index < -0.39 is 21.8 Å². The van der Waals surface area contributed by atoms with Crippen molar-refractivity contribution in [1.82, 2.24) is 9.62 Å². The smallest absolute Gasteiger partial charge is 0.337 e. The molecule has 2 rings (SSSR count). The zero-order chi connectivity index (χ0) is 16.3. The number of nitrogens with one attached hydrogen (secondary N) is 1. The molecule has 1 fully saturated rings. The molecular formula is C14H20ClFN2O4S. The predicted octanol–water partition coefficient (Wildman–Crippen LogP) is 1.41. The highest BCUT2D eigenvalue weighted by Gasteiger charge is 2.30. The average molecular weight is 367 g/mol. The molecular weight excluding hydrogens is 347 g/mol. The van der Waals surface area contributed by atoms with Crippen molar-refractivity contribution in [3.05, 3.63) is 29.6 Å². The number of likely N-dealkylation sites (N-methyl/N-ethyl adjacent to an activating group) is 1. The number of piperidine rings is 1. The minimum Gasteiger partial charge on any atom is -0.465 e. The number of esters is 1. The van der Waals surface area contributed by atoms with E-state index in [2.05, 4.69) is 10.1 Å². The van der Waals surface area contributed by atoms with E-state index in [9.17, 15) is 17.6 Å². The van der Waals surface area contributed by atoms with Crippen molar-refractivity contribution in [2.75, 3.05) is 27.2 Å². The zero-order valence-corrected chi connectivity index (χ0v) is 14.5. The molecule has 1 saturated heterocycles. The number of sulfonamides is 1. The maximum Gasteiger partial charge on any atom is 0.337 e. The van der Waals surface area contributed by atoms with Crippen LogP contribution in [0.25, 0.3) is 0 Å². The van der Waals surface area contributed by atoms with Crippen LogP contribution in [0.4, 0.5) is 4.39 Å². The highest BCUT2D eigenvalue weighted by Crippen LogP contribution is 2.23. The fraction of sp³-hybridized carbons (Fsp3) is 0.500. The highest BCUT2D eigenvalue weighted by atomic mass is 35.5. The van der Waals surface area contributed by atoms with E-state index in [-0.39, 0.29) is 28.9 Å². The van der Waals surface area contributed by atoms with E-state index >= 15 is 0 Å². The zero-order valence-electron chi connectivity index (χ0n) is 12.9. The minimum absolute atomic E-state index is 0. The summed E-state index contributed by atoms with van der Waals surface area (Å²) in [5.41, 5.74) is -0.122. The molecule has 0 spiro atoms. The third-order valence-electron chi connectivity index (χ3n) is 3.72. The van der Waals surface area contributed by atoms with Gasteiger partial charge in [0.2, 0.25) is 10.0 Å². The molecule has 1 aromatic rings. The predicted molar refractivity (Wildman–Crippen MR) is 85.8 cm³/mol. The number of benzene rings is 1. The molecule has 0 aliphatic carbocycles. The molecule has 0 radical (unpaired) electrons. The number of hydrogen-bond donors (Lipinski definition) is 1. The van der Waals surface area contributed by atoms with Crippen molar-refractivity contribution < 1.29 is 22.3 Å². The molecule has 130 valence electrons. The molecule has 9 heteroatoms. The topological polar surface area (TPSA) is 75.7 Å². The van der Waals surface area contributed by atoms with E-state index in [0.29, 0.717) is 13.1 Å². The summed E-state index contributed by atoms with van der Waals surface area (Å²) in [6.45, 7) is 0.702. The Bertz CT molecular complexity index is 669. The van der Waals surface area contributed by atoms with Crippen LogP contribution < -0.4 is 5.32 Å². The standard InChI is InChI=1S/C14H19FN2O4S.ClH/c1-16-12-4-3-5-17(9-12)22(19,20)13-7-10(14(18)21-2)6-11(15)8-13;/h6-8,12,16H,3-5,9H2,1-2H3;1H. The number of ether oxygens (including phenoxy) is 1. The van der Waals surface area contributed by atoms with Gasteiger partial charge in [-0.05, 0) is 38.1 Å². The van der Waals surface area contributed by atoms with Crippen LogP contribution in [0.2, 0.25) is 0 Å². The lowest BCUT2D eigenvalue weighted by atomic mass is 10.1. The van der Waals surface area contributed by atoms with E-state index in [1.54, 1.807) is 7.05 Å². The number of halogens is 2. The Morgan fingerprint density at radius 3 is 2.70 bits per heavy atom. The maximum absolute atomic E-state index is 13.7. The SMILES string of the molecule is CNC1CCCN(S(=O)(=O)c2cc(F)cc(C(=O)OC)c2)C1.Cl. The monoisotopic (exact) mass is 366 g/mol. The van der Waals surface area contributed by atoms with Gasteiger partial charge in [0.25, 0.3) is 0 Å². The van der Waals surface area contributed by atoms with Crippen LogP contribution in [0.1, 0.15) is 23.2 Å². The second-order valence-electron chi connectivity index (χ2n) is 5.16. The van der Waals surface area contributed by atoms with Crippen LogP contribution in [0, 0.1) is 5.82 Å². The van der Waals surface area contributed by atoms with Crippen LogP contribution in [-0.4, -0.2) is 52.0 Å². The second-order valence-corrected chi connectivity index (χ2v) is 7.10. The van der Waals surface area contributed by atoms with E-state index in [0.717, 1.165) is 38.2 Å². The molecule has 1 heterocycles. The molecule has 0 aromatic heterocycles. The van der Waals surface area contributed by atoms with Crippen molar-refractivity contribution in [3.8, 4) is 0 Å². The summed E-state index contributed by atoms with van der Waals surface area (Å²) in [5, 5.41) is 3.05. The minimum atomic E-state index is -3.85. The lowest BCUT2D eigenvalue weighted by Crippen LogP contribution is -2.46. The van der Waals surface area contributed by atoms with Crippen molar-refractivity contribution in [1.29, 1.82) is 0 Å². The van der Waals surface area contributed by atoms with E-state index in [4.69, 9.17) is 0 Å². The lowest BCUT2D eigenvalue weighted by Gasteiger charge is -2.31. The second kappa shape index (κ2) is 8.05. The first-order chi connectivity index (χ1) is 10.4. The number of rotatable bonds is 4. The van der Waals surface area contributed by atoms with Gasteiger partial charge < -0.3 is 10.1 Å². The molecule has 1 unspecified atom stereocenters. The number of hydrogen-bond acceptors (Lipinski definition) is 5. The normalized spacial score (nSPS) is 19.0. The van der Waals surface area contributed by atoms with Crippen molar-refractivity contribution >= 4 is 28.4 Å². The van der Waals surface area contributed by atoms with Gasteiger partial charge in [0, 0.05) is 19.1 Å². The largest absolute Gasteiger partial charge is 0.465 e. The summed E-state index contributed by atoms with van der Waals surface area (Å²) in [6, 6.07) is 3.09. The highest BCUT2D eigenvalue weighted by molar-refractivity contribution is 7.89. The first-order valence-corrected chi connectivity index (χ1v) is 8.39. The summed E-state index contributed by atoms with van der Waals surface area (Å²) in [4.78, 5) is 11.3. The van der Waals surface area contributed by atoms with Crippen LogP contribution in [0.5, 0.6) is 0 Å². The van der Waals surface area contributed by atoms with E-state index in [1.165, 1.54) is 4.31 Å². The number of nitrogens with zero attached hydrogens (tertiary/aromatic N) is 1. The van der Waals surface area contributed by atoms with Gasteiger partial charge in [-0.15, -0.1) is 12.4 Å². The van der Waals surface area contributed by atoms with Gasteiger partial charge in [-0.1, -0.05) is 0 Å². The quantitative estimate of drug-likeness (QED) is 0.815. The van der Waals surface area contributed by atoms with Gasteiger partial charge in [-0.2, -0.15) is 4.31 Å². The summed E-state index contributed by atoms with van der Waals surface area (Å²) in [6.07, 6.45) is 1.61. The Hall–Kier alpha value is -1.22.